The normalized spacial score (nSPS) is 28.8. The molecule has 1 aromatic heterocycles. The van der Waals surface area contributed by atoms with Crippen LogP contribution in [0.15, 0.2) is 15.8 Å². The minimum atomic E-state index is -3.85. The standard InChI is InChI=1S/C10H11F3N2O5/c1-19-3-5-6(16)10(12,13)8(20-5)15-2-4(11)7(17)14-9(15)18/h2,5-6,8,16H,3H2,1H3,(H,14,17,18)/t5-,6?,8-/m0/s1. The minimum absolute atomic E-state index is 0.190. The van der Waals surface area contributed by atoms with Gasteiger partial charge in [0.1, 0.15) is 6.10 Å². The topological polar surface area (TPSA) is 93.5 Å². The maximum atomic E-state index is 13.9. The summed E-state index contributed by atoms with van der Waals surface area (Å²) in [6.07, 6.45) is -5.55. The Labute approximate surface area is 109 Å². The molecule has 1 fully saturated rings. The molecule has 1 aromatic rings. The molecule has 112 valence electrons. The number of H-pyrrole nitrogens is 1. The van der Waals surface area contributed by atoms with Gasteiger partial charge in [-0.15, -0.1) is 0 Å². The van der Waals surface area contributed by atoms with Crippen molar-refractivity contribution in [2.45, 2.75) is 24.4 Å². The number of hydrogen-bond acceptors (Lipinski definition) is 5. The molecule has 2 rings (SSSR count). The Morgan fingerprint density at radius 2 is 2.20 bits per heavy atom. The SMILES string of the molecule is COC[C@@H]1O[C@H](n2cc(F)c(=O)[nH]c2=O)C(F)(F)C1O. The monoisotopic (exact) mass is 296 g/mol. The summed E-state index contributed by atoms with van der Waals surface area (Å²) in [6, 6.07) is 0. The van der Waals surface area contributed by atoms with Crippen molar-refractivity contribution in [2.24, 2.45) is 0 Å². The summed E-state index contributed by atoms with van der Waals surface area (Å²) in [7, 11) is 1.22. The molecule has 0 aromatic carbocycles. The van der Waals surface area contributed by atoms with Crippen molar-refractivity contribution in [3.8, 4) is 0 Å². The van der Waals surface area contributed by atoms with E-state index in [1.807, 2.05) is 0 Å². The van der Waals surface area contributed by atoms with Gasteiger partial charge in [0.25, 0.3) is 5.56 Å². The van der Waals surface area contributed by atoms with Crippen molar-refractivity contribution < 1.29 is 27.8 Å². The van der Waals surface area contributed by atoms with Gasteiger partial charge in [0.2, 0.25) is 12.0 Å². The van der Waals surface area contributed by atoms with E-state index >= 15 is 0 Å². The van der Waals surface area contributed by atoms with Crippen LogP contribution in [0.2, 0.25) is 0 Å². The van der Waals surface area contributed by atoms with E-state index < -0.39 is 41.4 Å². The zero-order chi connectivity index (χ0) is 15.1. The van der Waals surface area contributed by atoms with Crippen molar-refractivity contribution in [1.82, 2.24) is 9.55 Å². The number of alkyl halides is 2. The third kappa shape index (κ3) is 2.25. The van der Waals surface area contributed by atoms with Crippen LogP contribution < -0.4 is 11.2 Å². The van der Waals surface area contributed by atoms with Crippen LogP contribution in [0, 0.1) is 5.82 Å². The van der Waals surface area contributed by atoms with Gasteiger partial charge in [-0.25, -0.2) is 4.79 Å². The van der Waals surface area contributed by atoms with Crippen molar-refractivity contribution in [2.75, 3.05) is 13.7 Å². The number of aromatic nitrogens is 2. The fourth-order valence-electron chi connectivity index (χ4n) is 1.91. The fraction of sp³-hybridized carbons (Fsp3) is 0.600. The van der Waals surface area contributed by atoms with Crippen LogP contribution in [0.5, 0.6) is 0 Å². The van der Waals surface area contributed by atoms with Crippen molar-refractivity contribution in [1.29, 1.82) is 0 Å². The molecule has 0 aliphatic carbocycles. The Balaban J connectivity index is 2.45. The minimum Gasteiger partial charge on any atom is -0.384 e. The Bertz CT molecular complexity index is 614. The highest BCUT2D eigenvalue weighted by molar-refractivity contribution is 4.98. The van der Waals surface area contributed by atoms with E-state index in [2.05, 4.69) is 4.74 Å². The molecule has 1 aliphatic rings. The number of ether oxygens (including phenoxy) is 2. The highest BCUT2D eigenvalue weighted by Crippen LogP contribution is 2.42. The van der Waals surface area contributed by atoms with Crippen molar-refractivity contribution >= 4 is 0 Å². The summed E-state index contributed by atoms with van der Waals surface area (Å²) in [5, 5.41) is 9.46. The van der Waals surface area contributed by atoms with E-state index in [-0.39, 0.29) is 11.2 Å². The Hall–Kier alpha value is -1.65. The molecule has 0 bridgehead atoms. The summed E-state index contributed by atoms with van der Waals surface area (Å²) in [4.78, 5) is 23.8. The number of nitrogens with one attached hydrogen (secondary N) is 1. The number of aliphatic hydroxyl groups is 1. The van der Waals surface area contributed by atoms with Crippen LogP contribution in [0.3, 0.4) is 0 Å². The van der Waals surface area contributed by atoms with Gasteiger partial charge in [0, 0.05) is 7.11 Å². The molecule has 1 aliphatic heterocycles. The maximum absolute atomic E-state index is 13.9. The second kappa shape index (κ2) is 5.04. The zero-order valence-electron chi connectivity index (χ0n) is 10.2. The highest BCUT2D eigenvalue weighted by Gasteiger charge is 2.59. The number of rotatable bonds is 3. The lowest BCUT2D eigenvalue weighted by atomic mass is 10.1. The number of aliphatic hydroxyl groups excluding tert-OH is 1. The van der Waals surface area contributed by atoms with Gasteiger partial charge in [-0.2, -0.15) is 13.2 Å². The highest BCUT2D eigenvalue weighted by atomic mass is 19.3. The van der Waals surface area contributed by atoms with E-state index in [9.17, 15) is 27.9 Å². The molecule has 2 N–H and O–H groups in total. The molecule has 2 heterocycles. The van der Waals surface area contributed by atoms with E-state index in [1.165, 1.54) is 12.1 Å². The number of halogens is 3. The first kappa shape index (κ1) is 14.8. The zero-order valence-corrected chi connectivity index (χ0v) is 10.2. The van der Waals surface area contributed by atoms with Crippen molar-refractivity contribution in [3.63, 3.8) is 0 Å². The van der Waals surface area contributed by atoms with Crippen LogP contribution in [0.1, 0.15) is 6.23 Å². The summed E-state index contributed by atoms with van der Waals surface area (Å²) in [6.45, 7) is -0.339. The van der Waals surface area contributed by atoms with Crippen LogP contribution in [-0.2, 0) is 9.47 Å². The molecule has 1 saturated heterocycles. The van der Waals surface area contributed by atoms with Crippen LogP contribution in [0.25, 0.3) is 0 Å². The lowest BCUT2D eigenvalue weighted by Crippen LogP contribution is -2.43. The molecule has 0 amide bonds. The van der Waals surface area contributed by atoms with E-state index in [0.717, 1.165) is 0 Å². The molecular weight excluding hydrogens is 285 g/mol. The second-order valence-corrected chi connectivity index (χ2v) is 4.25. The first-order valence-electron chi connectivity index (χ1n) is 5.50. The molecule has 0 spiro atoms. The predicted molar refractivity (Wildman–Crippen MR) is 58.0 cm³/mol. The first-order valence-corrected chi connectivity index (χ1v) is 5.50. The average Bonchev–Trinajstić information content (AvgIpc) is 2.58. The van der Waals surface area contributed by atoms with Crippen LogP contribution in [-0.4, -0.2) is 46.5 Å². The van der Waals surface area contributed by atoms with Gasteiger partial charge in [-0.1, -0.05) is 0 Å². The van der Waals surface area contributed by atoms with Gasteiger partial charge in [-0.05, 0) is 0 Å². The van der Waals surface area contributed by atoms with Gasteiger partial charge in [-0.3, -0.25) is 14.3 Å². The number of nitrogens with zero attached hydrogens (tertiary/aromatic N) is 1. The molecule has 0 saturated carbocycles. The number of aromatic amines is 1. The molecular formula is C10H11F3N2O5. The van der Waals surface area contributed by atoms with E-state index in [1.54, 1.807) is 0 Å². The number of hydrogen-bond donors (Lipinski definition) is 2. The lowest BCUT2D eigenvalue weighted by Gasteiger charge is -2.20. The third-order valence-corrected chi connectivity index (χ3v) is 2.89. The van der Waals surface area contributed by atoms with Crippen molar-refractivity contribution in [3.05, 3.63) is 32.9 Å². The first-order chi connectivity index (χ1) is 9.28. The molecule has 7 nitrogen and oxygen atoms in total. The predicted octanol–water partition coefficient (Wildman–Crippen LogP) is -0.784. The quantitative estimate of drug-likeness (QED) is 0.763. The summed E-state index contributed by atoms with van der Waals surface area (Å²) >= 11 is 0. The molecule has 3 atom stereocenters. The molecule has 20 heavy (non-hydrogen) atoms. The Morgan fingerprint density at radius 3 is 2.80 bits per heavy atom. The Kier molecular flexibility index (Phi) is 3.71. The molecule has 1 unspecified atom stereocenters. The largest absolute Gasteiger partial charge is 0.384 e. The van der Waals surface area contributed by atoms with Gasteiger partial charge < -0.3 is 14.6 Å². The van der Waals surface area contributed by atoms with Gasteiger partial charge in [0.05, 0.1) is 12.8 Å². The van der Waals surface area contributed by atoms with Gasteiger partial charge >= 0.3 is 11.6 Å². The van der Waals surface area contributed by atoms with E-state index in [4.69, 9.17) is 4.74 Å². The smallest absolute Gasteiger partial charge is 0.330 e. The molecule has 0 radical (unpaired) electrons. The molecule has 10 heteroatoms. The lowest BCUT2D eigenvalue weighted by molar-refractivity contribution is -0.141. The number of methoxy groups -OCH3 is 1. The van der Waals surface area contributed by atoms with Crippen LogP contribution >= 0.6 is 0 Å². The fourth-order valence-corrected chi connectivity index (χ4v) is 1.91. The summed E-state index contributed by atoms with van der Waals surface area (Å²) in [5.41, 5.74) is -2.60. The van der Waals surface area contributed by atoms with Crippen LogP contribution in [0.4, 0.5) is 13.2 Å². The second-order valence-electron chi connectivity index (χ2n) is 4.25. The van der Waals surface area contributed by atoms with E-state index in [0.29, 0.717) is 6.20 Å². The summed E-state index contributed by atoms with van der Waals surface area (Å²) < 4.78 is 50.5. The average molecular weight is 296 g/mol. The summed E-state index contributed by atoms with van der Waals surface area (Å²) in [5.74, 6) is -5.27. The Morgan fingerprint density at radius 1 is 1.55 bits per heavy atom. The van der Waals surface area contributed by atoms with Gasteiger partial charge in [0.15, 0.2) is 6.10 Å². The maximum Gasteiger partial charge on any atom is 0.330 e. The third-order valence-electron chi connectivity index (χ3n) is 2.89.